The van der Waals surface area contributed by atoms with Gasteiger partial charge in [-0.1, -0.05) is 12.1 Å². The number of nitrogens with zero attached hydrogens (tertiary/aromatic N) is 2. The van der Waals surface area contributed by atoms with Crippen molar-refractivity contribution in [2.45, 2.75) is 6.04 Å². The molecule has 0 saturated carbocycles. The van der Waals surface area contributed by atoms with Crippen molar-refractivity contribution in [3.63, 3.8) is 0 Å². The van der Waals surface area contributed by atoms with E-state index in [4.69, 9.17) is 0 Å². The fourth-order valence-electron chi connectivity index (χ4n) is 2.39. The van der Waals surface area contributed by atoms with Crippen LogP contribution in [-0.4, -0.2) is 17.0 Å². The van der Waals surface area contributed by atoms with E-state index in [0.29, 0.717) is 0 Å². The van der Waals surface area contributed by atoms with Gasteiger partial charge in [-0.3, -0.25) is 9.97 Å². The minimum atomic E-state index is -0.329. The van der Waals surface area contributed by atoms with Gasteiger partial charge in [0.2, 0.25) is 0 Å². The lowest BCUT2D eigenvalue weighted by atomic mass is 9.98. The molecule has 3 aromatic rings. The minimum absolute atomic E-state index is 0.0946. The maximum absolute atomic E-state index is 13.3. The molecule has 1 aromatic carbocycles. The van der Waals surface area contributed by atoms with Crippen molar-refractivity contribution in [2.75, 3.05) is 7.05 Å². The molecule has 0 radical (unpaired) electrons. The van der Waals surface area contributed by atoms with Crippen LogP contribution in [0.2, 0.25) is 0 Å². The molecule has 0 aliphatic carbocycles. The van der Waals surface area contributed by atoms with E-state index >= 15 is 0 Å². The SMILES string of the molecule is CNC(c1cncc(F)c1)c1ccc2ncccc2c1. The Morgan fingerprint density at radius 1 is 1.10 bits per heavy atom. The van der Waals surface area contributed by atoms with Crippen molar-refractivity contribution in [3.8, 4) is 0 Å². The van der Waals surface area contributed by atoms with E-state index < -0.39 is 0 Å². The Kier molecular flexibility index (Phi) is 3.39. The van der Waals surface area contributed by atoms with Crippen LogP contribution in [0.15, 0.2) is 55.0 Å². The zero-order chi connectivity index (χ0) is 13.9. The number of hydrogen-bond acceptors (Lipinski definition) is 3. The Morgan fingerprint density at radius 2 is 2.00 bits per heavy atom. The van der Waals surface area contributed by atoms with Crippen LogP contribution in [0.4, 0.5) is 4.39 Å². The third-order valence-corrected chi connectivity index (χ3v) is 3.31. The van der Waals surface area contributed by atoms with Crippen LogP contribution in [0, 0.1) is 5.82 Å². The molecule has 4 heteroatoms. The average molecular weight is 267 g/mol. The van der Waals surface area contributed by atoms with E-state index in [-0.39, 0.29) is 11.9 Å². The summed E-state index contributed by atoms with van der Waals surface area (Å²) in [6, 6.07) is 11.4. The lowest BCUT2D eigenvalue weighted by Gasteiger charge is -2.17. The highest BCUT2D eigenvalue weighted by Crippen LogP contribution is 2.24. The van der Waals surface area contributed by atoms with Gasteiger partial charge >= 0.3 is 0 Å². The van der Waals surface area contributed by atoms with Crippen LogP contribution >= 0.6 is 0 Å². The first-order valence-corrected chi connectivity index (χ1v) is 6.40. The number of pyridine rings is 2. The predicted octanol–water partition coefficient (Wildman–Crippen LogP) is 3.08. The molecule has 20 heavy (non-hydrogen) atoms. The van der Waals surface area contributed by atoms with Gasteiger partial charge in [0.25, 0.3) is 0 Å². The molecule has 0 saturated heterocycles. The van der Waals surface area contributed by atoms with Crippen LogP contribution in [0.25, 0.3) is 10.9 Å². The summed E-state index contributed by atoms with van der Waals surface area (Å²) in [7, 11) is 1.85. The predicted molar refractivity (Wildman–Crippen MR) is 76.8 cm³/mol. The molecule has 2 heterocycles. The van der Waals surface area contributed by atoms with Gasteiger partial charge in [-0.25, -0.2) is 4.39 Å². The summed E-state index contributed by atoms with van der Waals surface area (Å²) in [5.74, 6) is -0.329. The summed E-state index contributed by atoms with van der Waals surface area (Å²) >= 11 is 0. The molecular formula is C16H14FN3. The van der Waals surface area contributed by atoms with Gasteiger partial charge in [-0.05, 0) is 42.4 Å². The zero-order valence-corrected chi connectivity index (χ0v) is 11.0. The number of fused-ring (bicyclic) bond motifs is 1. The van der Waals surface area contributed by atoms with Crippen LogP contribution in [0.1, 0.15) is 17.2 Å². The highest BCUT2D eigenvalue weighted by atomic mass is 19.1. The van der Waals surface area contributed by atoms with E-state index in [1.165, 1.54) is 12.3 Å². The molecule has 0 aliphatic rings. The second-order valence-electron chi connectivity index (χ2n) is 4.61. The number of aromatic nitrogens is 2. The fraction of sp³-hybridized carbons (Fsp3) is 0.125. The van der Waals surface area contributed by atoms with Gasteiger partial charge in [0.05, 0.1) is 17.8 Å². The molecule has 3 nitrogen and oxygen atoms in total. The maximum Gasteiger partial charge on any atom is 0.141 e. The quantitative estimate of drug-likeness (QED) is 0.792. The number of halogens is 1. The molecule has 0 spiro atoms. The third kappa shape index (κ3) is 2.38. The lowest BCUT2D eigenvalue weighted by Crippen LogP contribution is -2.18. The molecule has 1 N–H and O–H groups in total. The zero-order valence-electron chi connectivity index (χ0n) is 11.0. The molecule has 0 amide bonds. The summed E-state index contributed by atoms with van der Waals surface area (Å²) in [6.45, 7) is 0. The molecule has 0 fully saturated rings. The van der Waals surface area contributed by atoms with Gasteiger partial charge in [0.1, 0.15) is 5.82 Å². The first-order chi connectivity index (χ1) is 9.78. The number of rotatable bonds is 3. The first-order valence-electron chi connectivity index (χ1n) is 6.40. The van der Waals surface area contributed by atoms with E-state index in [9.17, 15) is 4.39 Å². The van der Waals surface area contributed by atoms with Crippen molar-refractivity contribution >= 4 is 10.9 Å². The number of benzene rings is 1. The summed E-state index contributed by atoms with van der Waals surface area (Å²) in [4.78, 5) is 8.22. The first kappa shape index (κ1) is 12.7. The molecule has 0 bridgehead atoms. The Morgan fingerprint density at radius 3 is 2.80 bits per heavy atom. The Balaban J connectivity index is 2.07. The maximum atomic E-state index is 13.3. The van der Waals surface area contributed by atoms with Crippen molar-refractivity contribution in [2.24, 2.45) is 0 Å². The van der Waals surface area contributed by atoms with Crippen molar-refractivity contribution in [1.82, 2.24) is 15.3 Å². The molecule has 3 rings (SSSR count). The topological polar surface area (TPSA) is 37.8 Å². The van der Waals surface area contributed by atoms with Gasteiger partial charge in [0, 0.05) is 17.8 Å². The molecule has 100 valence electrons. The van der Waals surface area contributed by atoms with Crippen LogP contribution in [0.3, 0.4) is 0 Å². The Labute approximate surface area is 116 Å². The van der Waals surface area contributed by atoms with Gasteiger partial charge in [-0.15, -0.1) is 0 Å². The van der Waals surface area contributed by atoms with Crippen LogP contribution in [0.5, 0.6) is 0 Å². The second-order valence-corrected chi connectivity index (χ2v) is 4.61. The fourth-order valence-corrected chi connectivity index (χ4v) is 2.39. The van der Waals surface area contributed by atoms with Crippen molar-refractivity contribution in [1.29, 1.82) is 0 Å². The summed E-state index contributed by atoms with van der Waals surface area (Å²) in [5, 5.41) is 4.26. The van der Waals surface area contributed by atoms with Gasteiger partial charge < -0.3 is 5.32 Å². The summed E-state index contributed by atoms with van der Waals surface area (Å²) in [5.41, 5.74) is 2.81. The van der Waals surface area contributed by atoms with Crippen molar-refractivity contribution < 1.29 is 4.39 Å². The highest BCUT2D eigenvalue weighted by Gasteiger charge is 2.13. The second kappa shape index (κ2) is 5.35. The minimum Gasteiger partial charge on any atom is -0.309 e. The standard InChI is InChI=1S/C16H14FN3/c1-18-16(13-8-14(17)10-19-9-13)12-4-5-15-11(7-12)3-2-6-20-15/h2-10,16,18H,1H3. The van der Waals surface area contributed by atoms with Crippen LogP contribution in [-0.2, 0) is 0 Å². The van der Waals surface area contributed by atoms with Gasteiger partial charge in [-0.2, -0.15) is 0 Å². The molecule has 1 atom stereocenters. The third-order valence-electron chi connectivity index (χ3n) is 3.31. The Bertz CT molecular complexity index is 742. The highest BCUT2D eigenvalue weighted by molar-refractivity contribution is 5.79. The van der Waals surface area contributed by atoms with E-state index in [2.05, 4.69) is 21.4 Å². The van der Waals surface area contributed by atoms with Crippen molar-refractivity contribution in [3.05, 3.63) is 71.9 Å². The largest absolute Gasteiger partial charge is 0.309 e. The lowest BCUT2D eigenvalue weighted by molar-refractivity contribution is 0.609. The van der Waals surface area contributed by atoms with E-state index in [1.54, 1.807) is 12.4 Å². The van der Waals surface area contributed by atoms with E-state index in [1.807, 2.05) is 31.3 Å². The van der Waals surface area contributed by atoms with Crippen LogP contribution < -0.4 is 5.32 Å². The number of nitrogens with one attached hydrogen (secondary N) is 1. The molecule has 0 aliphatic heterocycles. The Hall–Kier alpha value is -2.33. The monoisotopic (exact) mass is 267 g/mol. The molecular weight excluding hydrogens is 253 g/mol. The van der Waals surface area contributed by atoms with Gasteiger partial charge in [0.15, 0.2) is 0 Å². The summed E-state index contributed by atoms with van der Waals surface area (Å²) < 4.78 is 13.3. The van der Waals surface area contributed by atoms with E-state index in [0.717, 1.165) is 22.0 Å². The smallest absolute Gasteiger partial charge is 0.141 e. The molecule has 1 unspecified atom stereocenters. The summed E-state index contributed by atoms with van der Waals surface area (Å²) in [6.07, 6.45) is 4.66. The average Bonchev–Trinajstić information content (AvgIpc) is 2.48. The molecule has 2 aromatic heterocycles. The normalized spacial score (nSPS) is 12.5. The number of hydrogen-bond donors (Lipinski definition) is 1.